The van der Waals surface area contributed by atoms with Crippen LogP contribution in [0.5, 0.6) is 0 Å². The van der Waals surface area contributed by atoms with E-state index in [1.165, 1.54) is 10.8 Å². The Labute approximate surface area is 325 Å². The fourth-order valence-corrected chi connectivity index (χ4v) is 8.47. The minimum absolute atomic E-state index is 0.592. The molecule has 0 bridgehead atoms. The maximum Gasteiger partial charge on any atom is 0.164 e. The van der Waals surface area contributed by atoms with Crippen molar-refractivity contribution in [2.45, 2.75) is 0 Å². The Morgan fingerprint density at radius 2 is 0.947 bits per heavy atom. The lowest BCUT2D eigenvalue weighted by atomic mass is 9.97. The van der Waals surface area contributed by atoms with Crippen LogP contribution in [0.3, 0.4) is 0 Å². The van der Waals surface area contributed by atoms with Crippen LogP contribution in [-0.2, 0) is 0 Å². The van der Waals surface area contributed by atoms with Crippen LogP contribution in [0.25, 0.3) is 117 Å². The number of hydrogen-bond donors (Lipinski definition) is 0. The van der Waals surface area contributed by atoms with Gasteiger partial charge in [0.25, 0.3) is 0 Å². The van der Waals surface area contributed by atoms with Crippen molar-refractivity contribution < 1.29 is 8.83 Å². The molecule has 0 aliphatic carbocycles. The van der Waals surface area contributed by atoms with Gasteiger partial charge in [-0.1, -0.05) is 127 Å². The molecule has 0 amide bonds. The second-order valence-electron chi connectivity index (χ2n) is 14.4. The summed E-state index contributed by atoms with van der Waals surface area (Å²) in [5.41, 5.74) is 11.4. The largest absolute Gasteiger partial charge is 0.456 e. The molecule has 8 aromatic carbocycles. The number of aromatic nitrogens is 4. The van der Waals surface area contributed by atoms with Crippen LogP contribution in [0.1, 0.15) is 0 Å². The van der Waals surface area contributed by atoms with Crippen LogP contribution in [0.2, 0.25) is 0 Å². The molecule has 0 saturated heterocycles. The first-order valence-electron chi connectivity index (χ1n) is 19.0. The Morgan fingerprint density at radius 1 is 0.351 bits per heavy atom. The fraction of sp³-hybridized carbons (Fsp3) is 0. The highest BCUT2D eigenvalue weighted by atomic mass is 16.3. The third-order valence-electron chi connectivity index (χ3n) is 11.1. The van der Waals surface area contributed by atoms with Crippen molar-refractivity contribution >= 4 is 65.7 Å². The van der Waals surface area contributed by atoms with Crippen LogP contribution in [-0.4, -0.2) is 19.5 Å². The molecule has 0 radical (unpaired) electrons. The predicted octanol–water partition coefficient (Wildman–Crippen LogP) is 13.4. The monoisotopic (exact) mass is 730 g/mol. The number of hydrogen-bond acceptors (Lipinski definition) is 5. The Balaban J connectivity index is 1.03. The lowest BCUT2D eigenvalue weighted by Crippen LogP contribution is -2.00. The molecule has 4 heterocycles. The number of rotatable bonds is 5. The van der Waals surface area contributed by atoms with Gasteiger partial charge in [0.2, 0.25) is 0 Å². The first-order valence-corrected chi connectivity index (χ1v) is 19.0. The van der Waals surface area contributed by atoms with Crippen LogP contribution in [0.15, 0.2) is 191 Å². The number of para-hydroxylation sites is 3. The van der Waals surface area contributed by atoms with E-state index in [1.807, 2.05) is 84.9 Å². The zero-order chi connectivity index (χ0) is 37.5. The third kappa shape index (κ3) is 4.94. The van der Waals surface area contributed by atoms with Gasteiger partial charge >= 0.3 is 0 Å². The standard InChI is InChI=1S/C51H30N4O2/c1-3-13-31(14-4-1)49-52-50(32-15-5-2-6-16-32)54-51(53-49)33-25-28-44-41(29-33)47-38(19-12-24-45(47)56-44)40-21-11-20-39-37-27-26-34(30-46(37)57-48(39)40)55-42-22-9-7-17-35(42)36-18-8-10-23-43(36)55/h1-30H. The molecule has 6 nitrogen and oxygen atoms in total. The molecule has 4 aromatic heterocycles. The highest BCUT2D eigenvalue weighted by molar-refractivity contribution is 6.18. The van der Waals surface area contributed by atoms with E-state index in [4.69, 9.17) is 23.8 Å². The van der Waals surface area contributed by atoms with E-state index < -0.39 is 0 Å². The van der Waals surface area contributed by atoms with Gasteiger partial charge in [0.15, 0.2) is 17.5 Å². The minimum atomic E-state index is 0.592. The van der Waals surface area contributed by atoms with Gasteiger partial charge in [0, 0.05) is 66.3 Å². The molecule has 0 atom stereocenters. The van der Waals surface area contributed by atoms with E-state index in [0.29, 0.717) is 17.5 Å². The third-order valence-corrected chi connectivity index (χ3v) is 11.1. The van der Waals surface area contributed by atoms with Crippen molar-refractivity contribution in [2.24, 2.45) is 0 Å². The Bertz CT molecular complexity index is 3410. The first-order chi connectivity index (χ1) is 28.2. The molecule has 0 N–H and O–H groups in total. The summed E-state index contributed by atoms with van der Waals surface area (Å²) in [5, 5.41) is 6.58. The van der Waals surface area contributed by atoms with Crippen LogP contribution in [0.4, 0.5) is 0 Å². The molecular formula is C51H30N4O2. The number of benzene rings is 8. The van der Waals surface area contributed by atoms with E-state index in [0.717, 1.165) is 88.4 Å². The summed E-state index contributed by atoms with van der Waals surface area (Å²) in [7, 11) is 0. The molecule has 57 heavy (non-hydrogen) atoms. The molecular weight excluding hydrogens is 701 g/mol. The van der Waals surface area contributed by atoms with Crippen molar-refractivity contribution in [3.05, 3.63) is 182 Å². The highest BCUT2D eigenvalue weighted by Gasteiger charge is 2.20. The molecule has 0 unspecified atom stereocenters. The second kappa shape index (κ2) is 12.3. The van der Waals surface area contributed by atoms with Gasteiger partial charge < -0.3 is 13.4 Å². The Kier molecular flexibility index (Phi) is 6.83. The van der Waals surface area contributed by atoms with E-state index in [9.17, 15) is 0 Å². The summed E-state index contributed by atoms with van der Waals surface area (Å²) in [6, 6.07) is 62.6. The highest BCUT2D eigenvalue weighted by Crippen LogP contribution is 2.43. The summed E-state index contributed by atoms with van der Waals surface area (Å²) in [6.45, 7) is 0. The molecule has 12 rings (SSSR count). The van der Waals surface area contributed by atoms with Gasteiger partial charge in [0.05, 0.1) is 11.0 Å². The summed E-state index contributed by atoms with van der Waals surface area (Å²) in [5.74, 6) is 1.83. The van der Waals surface area contributed by atoms with Crippen molar-refractivity contribution in [1.82, 2.24) is 19.5 Å². The van der Waals surface area contributed by atoms with E-state index in [2.05, 4.69) is 102 Å². The smallest absolute Gasteiger partial charge is 0.164 e. The quantitative estimate of drug-likeness (QED) is 0.176. The van der Waals surface area contributed by atoms with Crippen molar-refractivity contribution in [3.63, 3.8) is 0 Å². The maximum atomic E-state index is 6.87. The summed E-state index contributed by atoms with van der Waals surface area (Å²) in [4.78, 5) is 14.9. The van der Waals surface area contributed by atoms with Gasteiger partial charge in [-0.15, -0.1) is 0 Å². The van der Waals surface area contributed by atoms with Gasteiger partial charge in [-0.2, -0.15) is 0 Å². The Hall–Kier alpha value is -7.83. The number of fused-ring (bicyclic) bond motifs is 9. The van der Waals surface area contributed by atoms with Crippen molar-refractivity contribution in [3.8, 4) is 51.0 Å². The van der Waals surface area contributed by atoms with Crippen LogP contribution >= 0.6 is 0 Å². The molecule has 0 fully saturated rings. The zero-order valence-corrected chi connectivity index (χ0v) is 30.4. The zero-order valence-electron chi connectivity index (χ0n) is 30.4. The molecule has 0 saturated carbocycles. The number of nitrogens with zero attached hydrogens (tertiary/aromatic N) is 4. The SMILES string of the molecule is c1ccc(-c2nc(-c3ccccc3)nc(-c3ccc4oc5cccc(-c6cccc7c6oc6cc(-n8c9ccccc9c9ccccc98)ccc67)c5c4c3)n2)cc1. The molecule has 6 heteroatoms. The van der Waals surface area contributed by atoms with Crippen molar-refractivity contribution in [2.75, 3.05) is 0 Å². The first kappa shape index (κ1) is 31.5. The maximum absolute atomic E-state index is 6.87. The predicted molar refractivity (Wildman–Crippen MR) is 230 cm³/mol. The second-order valence-corrected chi connectivity index (χ2v) is 14.4. The number of furan rings is 2. The molecule has 0 aliphatic heterocycles. The van der Waals surface area contributed by atoms with E-state index >= 15 is 0 Å². The summed E-state index contributed by atoms with van der Waals surface area (Å²) in [6.07, 6.45) is 0. The van der Waals surface area contributed by atoms with Crippen molar-refractivity contribution in [1.29, 1.82) is 0 Å². The average Bonchev–Trinajstić information content (AvgIpc) is 3.96. The average molecular weight is 731 g/mol. The van der Waals surface area contributed by atoms with E-state index in [1.54, 1.807) is 0 Å². The molecule has 266 valence electrons. The summed E-state index contributed by atoms with van der Waals surface area (Å²) >= 11 is 0. The van der Waals surface area contributed by atoms with Crippen LogP contribution < -0.4 is 0 Å². The topological polar surface area (TPSA) is 69.9 Å². The lowest BCUT2D eigenvalue weighted by molar-refractivity contribution is 0.668. The molecule has 12 aromatic rings. The van der Waals surface area contributed by atoms with Gasteiger partial charge in [-0.3, -0.25) is 0 Å². The lowest BCUT2D eigenvalue weighted by Gasteiger charge is -2.09. The fourth-order valence-electron chi connectivity index (χ4n) is 8.47. The summed E-state index contributed by atoms with van der Waals surface area (Å²) < 4.78 is 15.7. The van der Waals surface area contributed by atoms with Crippen LogP contribution in [0, 0.1) is 0 Å². The van der Waals surface area contributed by atoms with E-state index in [-0.39, 0.29) is 0 Å². The normalized spacial score (nSPS) is 11.9. The van der Waals surface area contributed by atoms with Gasteiger partial charge in [-0.25, -0.2) is 15.0 Å². The molecule has 0 aliphatic rings. The minimum Gasteiger partial charge on any atom is -0.456 e. The molecule has 0 spiro atoms. The van der Waals surface area contributed by atoms with Gasteiger partial charge in [0.1, 0.15) is 22.3 Å². The van der Waals surface area contributed by atoms with Gasteiger partial charge in [-0.05, 0) is 54.1 Å². The Morgan fingerprint density at radius 3 is 1.65 bits per heavy atom.